The van der Waals surface area contributed by atoms with Gasteiger partial charge in [0, 0.05) is 23.0 Å². The van der Waals surface area contributed by atoms with Gasteiger partial charge in [-0.1, -0.05) is 36.0 Å². The first-order chi connectivity index (χ1) is 12.5. The van der Waals surface area contributed by atoms with Crippen molar-refractivity contribution in [3.63, 3.8) is 0 Å². The summed E-state index contributed by atoms with van der Waals surface area (Å²) in [6.07, 6.45) is 4.42. The lowest BCUT2D eigenvalue weighted by atomic mass is 10.1. The Morgan fingerprint density at radius 2 is 1.46 bits per heavy atom. The zero-order valence-corrected chi connectivity index (χ0v) is 15.5. The summed E-state index contributed by atoms with van der Waals surface area (Å²) in [7, 11) is 0. The van der Waals surface area contributed by atoms with Crippen molar-refractivity contribution in [2.45, 2.75) is 31.7 Å². The molecule has 1 aliphatic carbocycles. The molecule has 5 nitrogen and oxygen atoms in total. The number of benzene rings is 2. The van der Waals surface area contributed by atoms with E-state index in [4.69, 9.17) is 23.2 Å². The molecule has 0 aliphatic heterocycles. The second-order valence-electron chi connectivity index (χ2n) is 6.24. The third-order valence-corrected chi connectivity index (χ3v) is 5.01. The number of amides is 3. The summed E-state index contributed by atoms with van der Waals surface area (Å²) < 4.78 is 0. The predicted molar refractivity (Wildman–Crippen MR) is 105 cm³/mol. The third kappa shape index (κ3) is 4.90. The van der Waals surface area contributed by atoms with Gasteiger partial charge in [-0.3, -0.25) is 4.79 Å². The number of rotatable bonds is 4. The molecule has 0 heterocycles. The molecule has 136 valence electrons. The fourth-order valence-corrected chi connectivity index (χ4v) is 3.21. The molecule has 1 saturated carbocycles. The molecule has 3 rings (SSSR count). The van der Waals surface area contributed by atoms with Crippen molar-refractivity contribution in [3.8, 4) is 0 Å². The average molecular weight is 392 g/mol. The van der Waals surface area contributed by atoms with E-state index in [-0.39, 0.29) is 11.9 Å². The Hall–Kier alpha value is -2.24. The molecule has 0 radical (unpaired) electrons. The van der Waals surface area contributed by atoms with E-state index in [1.807, 2.05) is 0 Å². The molecule has 1 aliphatic rings. The zero-order chi connectivity index (χ0) is 18.5. The maximum absolute atomic E-state index is 12.2. The number of anilines is 2. The Morgan fingerprint density at radius 3 is 2.12 bits per heavy atom. The van der Waals surface area contributed by atoms with Crippen molar-refractivity contribution >= 4 is 46.5 Å². The summed E-state index contributed by atoms with van der Waals surface area (Å²) in [5.41, 5.74) is 1.69. The van der Waals surface area contributed by atoms with Gasteiger partial charge >= 0.3 is 6.03 Å². The highest BCUT2D eigenvalue weighted by Crippen LogP contribution is 2.25. The largest absolute Gasteiger partial charge is 0.349 e. The van der Waals surface area contributed by atoms with Gasteiger partial charge in [0.2, 0.25) is 0 Å². The van der Waals surface area contributed by atoms with Crippen molar-refractivity contribution in [2.75, 3.05) is 10.6 Å². The van der Waals surface area contributed by atoms with Gasteiger partial charge in [-0.2, -0.15) is 0 Å². The van der Waals surface area contributed by atoms with E-state index >= 15 is 0 Å². The number of urea groups is 1. The van der Waals surface area contributed by atoms with Crippen LogP contribution in [0.15, 0.2) is 42.5 Å². The van der Waals surface area contributed by atoms with Gasteiger partial charge in [0.15, 0.2) is 0 Å². The van der Waals surface area contributed by atoms with Crippen LogP contribution >= 0.6 is 23.2 Å². The lowest BCUT2D eigenvalue weighted by Gasteiger charge is -2.12. The smallest absolute Gasteiger partial charge is 0.323 e. The van der Waals surface area contributed by atoms with Crippen molar-refractivity contribution in [3.05, 3.63) is 58.1 Å². The SMILES string of the molecule is O=C(Nc1ccc(C(=O)NC2CCCC2)cc1)Nc1ccc(Cl)c(Cl)c1. The molecule has 0 spiro atoms. The highest BCUT2D eigenvalue weighted by Gasteiger charge is 2.17. The monoisotopic (exact) mass is 391 g/mol. The van der Waals surface area contributed by atoms with Gasteiger partial charge in [-0.15, -0.1) is 0 Å². The molecule has 0 bridgehead atoms. The van der Waals surface area contributed by atoms with Crippen LogP contribution in [0.25, 0.3) is 0 Å². The third-order valence-electron chi connectivity index (χ3n) is 4.27. The number of carbonyl (C=O) groups is 2. The first-order valence-corrected chi connectivity index (χ1v) is 9.21. The Bertz CT molecular complexity index is 803. The van der Waals surface area contributed by atoms with Gasteiger partial charge in [0.25, 0.3) is 5.91 Å². The Balaban J connectivity index is 1.55. The van der Waals surface area contributed by atoms with E-state index in [2.05, 4.69) is 16.0 Å². The minimum Gasteiger partial charge on any atom is -0.349 e. The standard InChI is InChI=1S/C19H19Cl2N3O2/c20-16-10-9-15(11-17(16)21)24-19(26)23-14-7-5-12(6-8-14)18(25)22-13-3-1-2-4-13/h5-11,13H,1-4H2,(H,22,25)(H2,23,24,26). The van der Waals surface area contributed by atoms with Crippen LogP contribution in [-0.4, -0.2) is 18.0 Å². The van der Waals surface area contributed by atoms with Gasteiger partial charge in [-0.25, -0.2) is 4.79 Å². The summed E-state index contributed by atoms with van der Waals surface area (Å²) in [6, 6.07) is 11.5. The topological polar surface area (TPSA) is 70.2 Å². The zero-order valence-electron chi connectivity index (χ0n) is 14.0. The lowest BCUT2D eigenvalue weighted by Crippen LogP contribution is -2.32. The van der Waals surface area contributed by atoms with E-state index < -0.39 is 6.03 Å². The fourth-order valence-electron chi connectivity index (χ4n) is 2.91. The second-order valence-corrected chi connectivity index (χ2v) is 7.05. The second kappa shape index (κ2) is 8.43. The van der Waals surface area contributed by atoms with Gasteiger partial charge in [-0.05, 0) is 55.3 Å². The van der Waals surface area contributed by atoms with E-state index in [1.165, 1.54) is 12.8 Å². The van der Waals surface area contributed by atoms with Crippen LogP contribution in [0, 0.1) is 0 Å². The molecule has 0 aromatic heterocycles. The molecule has 7 heteroatoms. The normalized spacial score (nSPS) is 14.1. The molecule has 2 aromatic carbocycles. The van der Waals surface area contributed by atoms with Crippen LogP contribution in [0.5, 0.6) is 0 Å². The number of hydrogen-bond acceptors (Lipinski definition) is 2. The fraction of sp³-hybridized carbons (Fsp3) is 0.263. The van der Waals surface area contributed by atoms with Crippen LogP contribution < -0.4 is 16.0 Å². The van der Waals surface area contributed by atoms with Crippen molar-refractivity contribution in [1.29, 1.82) is 0 Å². The maximum atomic E-state index is 12.2. The molecule has 3 amide bonds. The summed E-state index contributed by atoms with van der Waals surface area (Å²) in [4.78, 5) is 24.3. The van der Waals surface area contributed by atoms with Gasteiger partial charge in [0.05, 0.1) is 10.0 Å². The Kier molecular flexibility index (Phi) is 6.01. The van der Waals surface area contributed by atoms with Crippen LogP contribution in [0.3, 0.4) is 0 Å². The molecule has 1 fully saturated rings. The molecule has 26 heavy (non-hydrogen) atoms. The van der Waals surface area contributed by atoms with Crippen LogP contribution in [0.2, 0.25) is 10.0 Å². The molecular weight excluding hydrogens is 373 g/mol. The summed E-state index contributed by atoms with van der Waals surface area (Å²) >= 11 is 11.8. The van der Waals surface area contributed by atoms with E-state index in [0.29, 0.717) is 27.0 Å². The highest BCUT2D eigenvalue weighted by molar-refractivity contribution is 6.42. The van der Waals surface area contributed by atoms with Crippen molar-refractivity contribution in [2.24, 2.45) is 0 Å². The first-order valence-electron chi connectivity index (χ1n) is 8.45. The van der Waals surface area contributed by atoms with Crippen molar-refractivity contribution < 1.29 is 9.59 Å². The molecule has 0 unspecified atom stereocenters. The van der Waals surface area contributed by atoms with E-state index in [0.717, 1.165) is 12.8 Å². The molecular formula is C19H19Cl2N3O2. The number of hydrogen-bond donors (Lipinski definition) is 3. The lowest BCUT2D eigenvalue weighted by molar-refractivity contribution is 0.0938. The quantitative estimate of drug-likeness (QED) is 0.660. The van der Waals surface area contributed by atoms with Gasteiger partial charge < -0.3 is 16.0 Å². The number of halogens is 2. The summed E-state index contributed by atoms with van der Waals surface area (Å²) in [6.45, 7) is 0. The highest BCUT2D eigenvalue weighted by atomic mass is 35.5. The maximum Gasteiger partial charge on any atom is 0.323 e. The Labute approximate surface area is 162 Å². The predicted octanol–water partition coefficient (Wildman–Crippen LogP) is 5.31. The van der Waals surface area contributed by atoms with Crippen LogP contribution in [0.1, 0.15) is 36.0 Å². The summed E-state index contributed by atoms with van der Waals surface area (Å²) in [5.74, 6) is -0.0799. The van der Waals surface area contributed by atoms with Crippen LogP contribution in [-0.2, 0) is 0 Å². The average Bonchev–Trinajstić information content (AvgIpc) is 3.11. The van der Waals surface area contributed by atoms with E-state index in [9.17, 15) is 9.59 Å². The minimum atomic E-state index is -0.411. The van der Waals surface area contributed by atoms with Gasteiger partial charge in [0.1, 0.15) is 0 Å². The molecule has 2 aromatic rings. The molecule has 0 atom stereocenters. The van der Waals surface area contributed by atoms with E-state index in [1.54, 1.807) is 42.5 Å². The molecule has 3 N–H and O–H groups in total. The summed E-state index contributed by atoms with van der Waals surface area (Å²) in [5, 5.41) is 9.20. The molecule has 0 saturated heterocycles. The number of nitrogens with one attached hydrogen (secondary N) is 3. The first kappa shape index (κ1) is 18.5. The van der Waals surface area contributed by atoms with Crippen LogP contribution in [0.4, 0.5) is 16.2 Å². The minimum absolute atomic E-state index is 0.0799. The Morgan fingerprint density at radius 1 is 0.846 bits per heavy atom. The number of carbonyl (C=O) groups excluding carboxylic acids is 2. The van der Waals surface area contributed by atoms with Crippen molar-refractivity contribution in [1.82, 2.24) is 5.32 Å².